The van der Waals surface area contributed by atoms with E-state index in [-0.39, 0.29) is 36.6 Å². The molecule has 0 saturated carbocycles. The highest BCUT2D eigenvalue weighted by molar-refractivity contribution is 5.88. The molecular formula is C20H30N2O4. The number of ether oxygens (including phenoxy) is 1. The summed E-state index contributed by atoms with van der Waals surface area (Å²) in [7, 11) is 0. The summed E-state index contributed by atoms with van der Waals surface area (Å²) in [6.07, 6.45) is -0.627. The van der Waals surface area contributed by atoms with Crippen molar-refractivity contribution in [2.75, 3.05) is 6.61 Å². The van der Waals surface area contributed by atoms with Gasteiger partial charge in [0.1, 0.15) is 6.04 Å². The largest absolute Gasteiger partial charge is 0.418 e. The first-order chi connectivity index (χ1) is 12.3. The molecule has 4 atom stereocenters. The fraction of sp³-hybridized carbons (Fsp3) is 0.600. The number of nitrogens with one attached hydrogen (secondary N) is 1. The van der Waals surface area contributed by atoms with Crippen LogP contribution < -0.4 is 5.32 Å². The van der Waals surface area contributed by atoms with Crippen molar-refractivity contribution < 1.29 is 19.4 Å². The number of esters is 1. The van der Waals surface area contributed by atoms with Crippen molar-refractivity contribution in [3.8, 4) is 0 Å². The summed E-state index contributed by atoms with van der Waals surface area (Å²) in [6.45, 7) is 9.39. The van der Waals surface area contributed by atoms with E-state index >= 15 is 0 Å². The summed E-state index contributed by atoms with van der Waals surface area (Å²) in [5.41, 5.74) is 1.01. The fourth-order valence-electron chi connectivity index (χ4n) is 3.80. The predicted molar refractivity (Wildman–Crippen MR) is 99.4 cm³/mol. The predicted octanol–water partition coefficient (Wildman–Crippen LogP) is 2.73. The lowest BCUT2D eigenvalue weighted by atomic mass is 9.86. The first kappa shape index (κ1) is 20.4. The Kier molecular flexibility index (Phi) is 6.78. The molecule has 1 fully saturated rings. The van der Waals surface area contributed by atoms with Crippen molar-refractivity contribution in [3.05, 3.63) is 35.9 Å². The van der Waals surface area contributed by atoms with E-state index in [2.05, 4.69) is 5.32 Å². The van der Waals surface area contributed by atoms with Crippen LogP contribution in [0.2, 0.25) is 0 Å². The Balaban J connectivity index is 2.13. The van der Waals surface area contributed by atoms with Crippen LogP contribution in [0, 0.1) is 11.8 Å². The number of aliphatic hydroxyl groups is 1. The molecule has 0 bridgehead atoms. The summed E-state index contributed by atoms with van der Waals surface area (Å²) in [5, 5.41) is 13.1. The van der Waals surface area contributed by atoms with Gasteiger partial charge in [0, 0.05) is 30.7 Å². The minimum Gasteiger partial charge on any atom is -0.396 e. The van der Waals surface area contributed by atoms with Crippen LogP contribution in [-0.4, -0.2) is 46.8 Å². The zero-order chi connectivity index (χ0) is 19.4. The number of carbonyl (C=O) groups is 2. The van der Waals surface area contributed by atoms with Gasteiger partial charge in [-0.2, -0.15) is 0 Å². The first-order valence-corrected chi connectivity index (χ1v) is 9.23. The second kappa shape index (κ2) is 8.64. The van der Waals surface area contributed by atoms with Gasteiger partial charge in [-0.1, -0.05) is 37.3 Å². The van der Waals surface area contributed by atoms with Gasteiger partial charge in [-0.3, -0.25) is 5.32 Å². The lowest BCUT2D eigenvalue weighted by Crippen LogP contribution is -2.46. The van der Waals surface area contributed by atoms with Crippen LogP contribution in [0.15, 0.2) is 30.3 Å². The van der Waals surface area contributed by atoms with Crippen molar-refractivity contribution in [3.63, 3.8) is 0 Å². The Morgan fingerprint density at radius 3 is 2.23 bits per heavy atom. The molecule has 1 aliphatic rings. The van der Waals surface area contributed by atoms with E-state index in [0.717, 1.165) is 5.56 Å². The second-order valence-corrected chi connectivity index (χ2v) is 7.52. The van der Waals surface area contributed by atoms with Gasteiger partial charge in [-0.15, -0.1) is 0 Å². The van der Waals surface area contributed by atoms with Crippen LogP contribution >= 0.6 is 0 Å². The van der Waals surface area contributed by atoms with Crippen molar-refractivity contribution in [2.24, 2.45) is 11.8 Å². The van der Waals surface area contributed by atoms with Gasteiger partial charge in [0.2, 0.25) is 0 Å². The van der Waals surface area contributed by atoms with Crippen molar-refractivity contribution in [2.45, 2.75) is 58.8 Å². The number of carbonyl (C=O) groups excluding carboxylic acids is 2. The zero-order valence-electron chi connectivity index (χ0n) is 16.2. The van der Waals surface area contributed by atoms with Gasteiger partial charge in [-0.05, 0) is 39.2 Å². The van der Waals surface area contributed by atoms with Gasteiger partial charge in [0.05, 0.1) is 0 Å². The molecule has 0 aromatic heterocycles. The average Bonchev–Trinajstić information content (AvgIpc) is 2.91. The Hall–Kier alpha value is -1.92. The molecule has 1 unspecified atom stereocenters. The number of hydrogen-bond acceptors (Lipinski definition) is 5. The maximum atomic E-state index is 12.6. The molecule has 0 aliphatic carbocycles. The van der Waals surface area contributed by atoms with Crippen LogP contribution in [0.5, 0.6) is 0 Å². The molecular weight excluding hydrogens is 332 g/mol. The summed E-state index contributed by atoms with van der Waals surface area (Å²) < 4.78 is 5.17. The second-order valence-electron chi connectivity index (χ2n) is 7.52. The van der Waals surface area contributed by atoms with E-state index in [9.17, 15) is 14.7 Å². The molecule has 1 aliphatic heterocycles. The molecule has 1 amide bonds. The highest BCUT2D eigenvalue weighted by Crippen LogP contribution is 2.37. The third-order valence-corrected chi connectivity index (χ3v) is 5.12. The number of nitrogens with zero attached hydrogens (tertiary/aromatic N) is 1. The number of hydrogen-bond donors (Lipinski definition) is 2. The minimum absolute atomic E-state index is 0.0461. The van der Waals surface area contributed by atoms with E-state index in [1.165, 1.54) is 4.90 Å². The maximum absolute atomic E-state index is 12.6. The summed E-state index contributed by atoms with van der Waals surface area (Å²) in [6, 6.07) is 8.78. The van der Waals surface area contributed by atoms with Crippen LogP contribution in [0.4, 0.5) is 4.79 Å². The number of rotatable bonds is 5. The lowest BCUT2D eigenvalue weighted by Gasteiger charge is -2.29. The molecule has 2 rings (SSSR count). The van der Waals surface area contributed by atoms with E-state index in [1.807, 2.05) is 65.0 Å². The standard InChI is InChI=1S/C20H30N2O4/c1-12(2)22(13(3)4)20(25)26-19(24)17-14(5)16(11-23)18(21-17)15-9-7-6-8-10-15/h6-10,12-14,16-18,21,23H,11H2,1-5H3/t14-,16-,17-,18?/m1/s1. The molecule has 0 radical (unpaired) electrons. The highest BCUT2D eigenvalue weighted by Gasteiger charge is 2.45. The Morgan fingerprint density at radius 1 is 1.15 bits per heavy atom. The topological polar surface area (TPSA) is 78.9 Å². The monoisotopic (exact) mass is 362 g/mol. The third-order valence-electron chi connectivity index (χ3n) is 5.12. The fourth-order valence-corrected chi connectivity index (χ4v) is 3.80. The zero-order valence-corrected chi connectivity index (χ0v) is 16.2. The van der Waals surface area contributed by atoms with Crippen LogP contribution in [0.1, 0.15) is 46.2 Å². The van der Waals surface area contributed by atoms with E-state index in [4.69, 9.17) is 4.74 Å². The van der Waals surface area contributed by atoms with Crippen molar-refractivity contribution in [1.82, 2.24) is 10.2 Å². The van der Waals surface area contributed by atoms with Gasteiger partial charge in [0.15, 0.2) is 0 Å². The van der Waals surface area contributed by atoms with Gasteiger partial charge in [0.25, 0.3) is 0 Å². The Labute approximate surface area is 155 Å². The van der Waals surface area contributed by atoms with E-state index < -0.39 is 18.1 Å². The van der Waals surface area contributed by atoms with E-state index in [1.54, 1.807) is 0 Å². The number of aliphatic hydroxyl groups excluding tert-OH is 1. The van der Waals surface area contributed by atoms with E-state index in [0.29, 0.717) is 0 Å². The highest BCUT2D eigenvalue weighted by atomic mass is 16.6. The molecule has 26 heavy (non-hydrogen) atoms. The molecule has 1 heterocycles. The Morgan fingerprint density at radius 2 is 1.73 bits per heavy atom. The molecule has 144 valence electrons. The van der Waals surface area contributed by atoms with Gasteiger partial charge >= 0.3 is 12.1 Å². The van der Waals surface area contributed by atoms with Crippen molar-refractivity contribution >= 4 is 12.1 Å². The minimum atomic E-state index is -0.637. The molecule has 2 N–H and O–H groups in total. The molecule has 1 aromatic carbocycles. The van der Waals surface area contributed by atoms with Crippen LogP contribution in [0.25, 0.3) is 0 Å². The maximum Gasteiger partial charge on any atom is 0.418 e. The molecule has 0 spiro atoms. The quantitative estimate of drug-likeness (QED) is 0.622. The van der Waals surface area contributed by atoms with Crippen LogP contribution in [0.3, 0.4) is 0 Å². The number of benzene rings is 1. The average molecular weight is 362 g/mol. The molecule has 1 aromatic rings. The summed E-state index contributed by atoms with van der Waals surface area (Å²) in [5.74, 6) is -0.876. The molecule has 6 heteroatoms. The SMILES string of the molecule is CC(C)N(C(=O)OC(=O)[C@@H]1NC(c2ccccc2)[C@H](CO)[C@H]1C)C(C)C. The number of amides is 1. The summed E-state index contributed by atoms with van der Waals surface area (Å²) in [4.78, 5) is 26.6. The molecule has 1 saturated heterocycles. The van der Waals surface area contributed by atoms with Gasteiger partial charge < -0.3 is 14.7 Å². The first-order valence-electron chi connectivity index (χ1n) is 9.23. The normalized spacial score (nSPS) is 25.5. The Bertz CT molecular complexity index is 609. The van der Waals surface area contributed by atoms with Crippen LogP contribution in [-0.2, 0) is 9.53 Å². The lowest BCUT2D eigenvalue weighted by molar-refractivity contribution is -0.141. The van der Waals surface area contributed by atoms with Crippen molar-refractivity contribution in [1.29, 1.82) is 0 Å². The smallest absolute Gasteiger partial charge is 0.396 e. The van der Waals surface area contributed by atoms with Gasteiger partial charge in [-0.25, -0.2) is 9.59 Å². The third kappa shape index (κ3) is 4.24. The molecule has 6 nitrogen and oxygen atoms in total. The summed E-state index contributed by atoms with van der Waals surface area (Å²) >= 11 is 0.